The van der Waals surface area contributed by atoms with Crippen LogP contribution in [0.15, 0.2) is 48.5 Å². The maximum Gasteiger partial charge on any atom is 0.253 e. The SMILES string of the molecule is Cc1cc(C(=O)N2C[C@@H](N)[C@H](c3ccccc3)C2)ccc1NC(=O)CC(C)C.Cl. The van der Waals surface area contributed by atoms with Gasteiger partial charge in [-0.3, -0.25) is 9.59 Å². The van der Waals surface area contributed by atoms with Crippen molar-refractivity contribution in [2.45, 2.75) is 39.2 Å². The van der Waals surface area contributed by atoms with E-state index >= 15 is 0 Å². The van der Waals surface area contributed by atoms with E-state index in [0.717, 1.165) is 11.3 Å². The molecule has 0 spiro atoms. The molecule has 2 amide bonds. The van der Waals surface area contributed by atoms with Crippen LogP contribution in [0.1, 0.15) is 47.7 Å². The number of benzene rings is 2. The minimum atomic E-state index is -0.0676. The Balaban J connectivity index is 0.00000300. The van der Waals surface area contributed by atoms with E-state index in [1.807, 2.05) is 56.0 Å². The molecular weight excluding hydrogens is 386 g/mol. The monoisotopic (exact) mass is 415 g/mol. The average molecular weight is 416 g/mol. The van der Waals surface area contributed by atoms with Gasteiger partial charge in [-0.15, -0.1) is 12.4 Å². The molecule has 0 radical (unpaired) electrons. The highest BCUT2D eigenvalue weighted by atomic mass is 35.5. The van der Waals surface area contributed by atoms with Crippen LogP contribution in [0.25, 0.3) is 0 Å². The van der Waals surface area contributed by atoms with Gasteiger partial charge in [-0.2, -0.15) is 0 Å². The first-order valence-corrected chi connectivity index (χ1v) is 9.85. The van der Waals surface area contributed by atoms with Crippen LogP contribution in [-0.2, 0) is 4.79 Å². The number of halogens is 1. The lowest BCUT2D eigenvalue weighted by Crippen LogP contribution is -2.32. The number of aryl methyl sites for hydroxylation is 1. The number of nitrogens with zero attached hydrogens (tertiary/aromatic N) is 1. The molecule has 2 aromatic carbocycles. The van der Waals surface area contributed by atoms with Crippen molar-refractivity contribution < 1.29 is 9.59 Å². The molecule has 29 heavy (non-hydrogen) atoms. The predicted molar refractivity (Wildman–Crippen MR) is 120 cm³/mol. The second-order valence-electron chi connectivity index (χ2n) is 8.07. The van der Waals surface area contributed by atoms with E-state index < -0.39 is 0 Å². The van der Waals surface area contributed by atoms with Gasteiger partial charge in [0.15, 0.2) is 0 Å². The molecule has 2 aromatic rings. The Morgan fingerprint density at radius 2 is 1.83 bits per heavy atom. The summed E-state index contributed by atoms with van der Waals surface area (Å²) in [5.41, 5.74) is 9.75. The van der Waals surface area contributed by atoms with Crippen LogP contribution >= 0.6 is 12.4 Å². The summed E-state index contributed by atoms with van der Waals surface area (Å²) < 4.78 is 0. The maximum absolute atomic E-state index is 13.0. The quantitative estimate of drug-likeness (QED) is 0.775. The van der Waals surface area contributed by atoms with E-state index in [2.05, 4.69) is 17.4 Å². The maximum atomic E-state index is 13.0. The van der Waals surface area contributed by atoms with Crippen LogP contribution in [0, 0.1) is 12.8 Å². The van der Waals surface area contributed by atoms with Crippen LogP contribution in [0.5, 0.6) is 0 Å². The van der Waals surface area contributed by atoms with Gasteiger partial charge in [0.05, 0.1) is 0 Å². The Morgan fingerprint density at radius 1 is 1.14 bits per heavy atom. The summed E-state index contributed by atoms with van der Waals surface area (Å²) >= 11 is 0. The summed E-state index contributed by atoms with van der Waals surface area (Å²) in [5.74, 6) is 0.435. The van der Waals surface area contributed by atoms with E-state index in [0.29, 0.717) is 31.0 Å². The molecule has 0 aromatic heterocycles. The van der Waals surface area contributed by atoms with E-state index in [1.54, 1.807) is 6.07 Å². The second-order valence-corrected chi connectivity index (χ2v) is 8.07. The number of amides is 2. The zero-order valence-electron chi connectivity index (χ0n) is 17.2. The van der Waals surface area contributed by atoms with Gasteiger partial charge < -0.3 is 16.0 Å². The van der Waals surface area contributed by atoms with Crippen LogP contribution in [0.2, 0.25) is 0 Å². The minimum absolute atomic E-state index is 0. The fourth-order valence-electron chi connectivity index (χ4n) is 3.74. The van der Waals surface area contributed by atoms with Crippen molar-refractivity contribution in [1.29, 1.82) is 0 Å². The number of hydrogen-bond acceptors (Lipinski definition) is 3. The molecule has 2 atom stereocenters. The fourth-order valence-corrected chi connectivity index (χ4v) is 3.74. The summed E-state index contributed by atoms with van der Waals surface area (Å²) in [7, 11) is 0. The Kier molecular flexibility index (Phi) is 7.82. The summed E-state index contributed by atoms with van der Waals surface area (Å²) in [6.45, 7) is 7.10. The predicted octanol–water partition coefficient (Wildman–Crippen LogP) is 3.97. The van der Waals surface area contributed by atoms with Gasteiger partial charge in [-0.25, -0.2) is 0 Å². The van der Waals surface area contributed by atoms with Crippen LogP contribution in [-0.4, -0.2) is 35.8 Å². The third kappa shape index (κ3) is 5.58. The van der Waals surface area contributed by atoms with Gasteiger partial charge in [-0.1, -0.05) is 44.2 Å². The molecular formula is C23H30ClN3O2. The van der Waals surface area contributed by atoms with Crippen molar-refractivity contribution in [2.24, 2.45) is 11.7 Å². The number of carbonyl (C=O) groups excluding carboxylic acids is 2. The molecule has 5 nitrogen and oxygen atoms in total. The van der Waals surface area contributed by atoms with Crippen LogP contribution in [0.3, 0.4) is 0 Å². The molecule has 0 bridgehead atoms. The van der Waals surface area contributed by atoms with Gasteiger partial charge in [0.1, 0.15) is 0 Å². The van der Waals surface area contributed by atoms with Gasteiger partial charge in [0.2, 0.25) is 5.91 Å². The van der Waals surface area contributed by atoms with Crippen molar-refractivity contribution >= 4 is 29.9 Å². The zero-order chi connectivity index (χ0) is 20.3. The highest BCUT2D eigenvalue weighted by Gasteiger charge is 2.34. The number of likely N-dealkylation sites (tertiary alicyclic amines) is 1. The Labute approximate surface area is 179 Å². The molecule has 156 valence electrons. The van der Waals surface area contributed by atoms with Crippen LogP contribution < -0.4 is 11.1 Å². The van der Waals surface area contributed by atoms with Gasteiger partial charge >= 0.3 is 0 Å². The highest BCUT2D eigenvalue weighted by Crippen LogP contribution is 2.28. The Bertz CT molecular complexity index is 854. The summed E-state index contributed by atoms with van der Waals surface area (Å²) in [5, 5.41) is 2.93. The second kappa shape index (κ2) is 9.90. The number of nitrogens with two attached hydrogens (primary N) is 1. The number of hydrogen-bond donors (Lipinski definition) is 2. The molecule has 6 heteroatoms. The fraction of sp³-hybridized carbons (Fsp3) is 0.391. The molecule has 1 aliphatic rings. The minimum Gasteiger partial charge on any atom is -0.336 e. The Morgan fingerprint density at radius 3 is 2.45 bits per heavy atom. The lowest BCUT2D eigenvalue weighted by Gasteiger charge is -2.18. The number of carbonyl (C=O) groups is 2. The number of nitrogens with one attached hydrogen (secondary N) is 1. The molecule has 0 aliphatic carbocycles. The van der Waals surface area contributed by atoms with E-state index in [1.165, 1.54) is 5.56 Å². The van der Waals surface area contributed by atoms with E-state index in [4.69, 9.17) is 5.73 Å². The summed E-state index contributed by atoms with van der Waals surface area (Å²) in [6.07, 6.45) is 0.479. The third-order valence-corrected chi connectivity index (χ3v) is 5.22. The summed E-state index contributed by atoms with van der Waals surface area (Å²) in [6, 6.07) is 15.5. The zero-order valence-corrected chi connectivity index (χ0v) is 18.0. The first-order chi connectivity index (χ1) is 13.3. The smallest absolute Gasteiger partial charge is 0.253 e. The third-order valence-electron chi connectivity index (χ3n) is 5.22. The van der Waals surface area contributed by atoms with Crippen molar-refractivity contribution in [3.63, 3.8) is 0 Å². The highest BCUT2D eigenvalue weighted by molar-refractivity contribution is 5.97. The normalized spacial score (nSPS) is 18.4. The van der Waals surface area contributed by atoms with E-state index in [9.17, 15) is 9.59 Å². The standard InChI is InChI=1S/C23H29N3O2.ClH/c1-15(2)11-22(27)25-21-10-9-18(12-16(21)3)23(28)26-13-19(20(24)14-26)17-7-5-4-6-8-17;/h4-10,12,15,19-20H,11,13-14,24H2,1-3H3,(H,25,27);1H/t19-,20+;/m0./s1. The van der Waals surface area contributed by atoms with E-state index in [-0.39, 0.29) is 36.2 Å². The molecule has 1 aliphatic heterocycles. The largest absolute Gasteiger partial charge is 0.336 e. The molecule has 1 fully saturated rings. The molecule has 3 N–H and O–H groups in total. The van der Waals surface area contributed by atoms with Crippen molar-refractivity contribution in [3.8, 4) is 0 Å². The molecule has 0 saturated carbocycles. The lowest BCUT2D eigenvalue weighted by molar-refractivity contribution is -0.116. The van der Waals surface area contributed by atoms with Gasteiger partial charge in [0, 0.05) is 42.7 Å². The first kappa shape index (κ1) is 22.9. The Hall–Kier alpha value is -2.37. The van der Waals surface area contributed by atoms with Crippen molar-refractivity contribution in [1.82, 2.24) is 4.90 Å². The van der Waals surface area contributed by atoms with Crippen molar-refractivity contribution in [2.75, 3.05) is 18.4 Å². The van der Waals surface area contributed by atoms with Crippen LogP contribution in [0.4, 0.5) is 5.69 Å². The first-order valence-electron chi connectivity index (χ1n) is 9.85. The molecule has 1 saturated heterocycles. The number of rotatable bonds is 5. The lowest BCUT2D eigenvalue weighted by atomic mass is 9.95. The topological polar surface area (TPSA) is 75.4 Å². The molecule has 3 rings (SSSR count). The van der Waals surface area contributed by atoms with Crippen molar-refractivity contribution in [3.05, 3.63) is 65.2 Å². The van der Waals surface area contributed by atoms with Gasteiger partial charge in [-0.05, 0) is 42.2 Å². The average Bonchev–Trinajstić information content (AvgIpc) is 3.04. The van der Waals surface area contributed by atoms with Gasteiger partial charge in [0.25, 0.3) is 5.91 Å². The number of anilines is 1. The summed E-state index contributed by atoms with van der Waals surface area (Å²) in [4.78, 5) is 26.8. The molecule has 1 heterocycles. The molecule has 0 unspecified atom stereocenters.